The predicted octanol–water partition coefficient (Wildman–Crippen LogP) is 4.14. The van der Waals surface area contributed by atoms with Crippen LogP contribution in [0.4, 0.5) is 31.0 Å². The molecule has 0 spiro atoms. The predicted molar refractivity (Wildman–Crippen MR) is 48.6 cm³/mol. The summed E-state index contributed by atoms with van der Waals surface area (Å²) in [5.74, 6) is -5.19. The topological polar surface area (TPSA) is 0 Å². The fourth-order valence-electron chi connectivity index (χ4n) is 0.0758. The molecular formula is C6H10F7I. The van der Waals surface area contributed by atoms with Crippen LogP contribution in [0, 0.1) is 0 Å². The summed E-state index contributed by atoms with van der Waals surface area (Å²) in [6.45, 7) is 1.61. The third-order valence-electron chi connectivity index (χ3n) is 0.583. The molecule has 0 aromatic heterocycles. The molecule has 0 amide bonds. The summed E-state index contributed by atoms with van der Waals surface area (Å²) in [6.07, 6.45) is -5.76. The molecule has 0 rings (SSSR count). The number of alkyl halides is 7. The van der Waals surface area contributed by atoms with Gasteiger partial charge in [-0.3, -0.25) is 4.70 Å². The van der Waals surface area contributed by atoms with E-state index in [-0.39, 0.29) is 4.70 Å². The van der Waals surface area contributed by atoms with Gasteiger partial charge in [-0.15, -0.1) is 0 Å². The standard InChI is InChI=1S/C3H2F6.C3H7I.FH/c4-1-2(5,6)3(7,8)9;1-3(2)4;/h1H2;3H,1-2H3;1H. The molecule has 0 radical (unpaired) electrons. The fraction of sp³-hybridized carbons (Fsp3) is 1.00. The number of halogens is 8. The molecule has 0 bridgehead atoms. The molecule has 0 aliphatic carbocycles. The van der Waals surface area contributed by atoms with Gasteiger partial charge in [-0.25, -0.2) is 4.39 Å². The van der Waals surface area contributed by atoms with Crippen molar-refractivity contribution in [2.45, 2.75) is 29.9 Å². The quantitative estimate of drug-likeness (QED) is 0.382. The minimum atomic E-state index is -5.76. The zero-order chi connectivity index (χ0) is 11.3. The normalized spacial score (nSPS) is 11.6. The molecule has 0 unspecified atom stereocenters. The van der Waals surface area contributed by atoms with E-state index in [0.717, 1.165) is 3.92 Å². The number of rotatable bonds is 1. The maximum absolute atomic E-state index is 11.2. The molecule has 0 heterocycles. The Kier molecular flexibility index (Phi) is 10.6. The van der Waals surface area contributed by atoms with Crippen molar-refractivity contribution in [3.63, 3.8) is 0 Å². The first-order valence-electron chi connectivity index (χ1n) is 3.19. The molecule has 90 valence electrons. The van der Waals surface area contributed by atoms with Crippen molar-refractivity contribution >= 4 is 22.6 Å². The van der Waals surface area contributed by atoms with Crippen LogP contribution in [0.25, 0.3) is 0 Å². The number of hydrogen-bond acceptors (Lipinski definition) is 0. The lowest BCUT2D eigenvalue weighted by atomic mass is 10.4. The fourth-order valence-corrected chi connectivity index (χ4v) is 0.0758. The third-order valence-corrected chi connectivity index (χ3v) is 0.583. The Balaban J connectivity index is -0.000000209. The minimum Gasteiger partial charge on any atom is -0.269 e. The van der Waals surface area contributed by atoms with E-state index in [0.29, 0.717) is 0 Å². The Hall–Kier alpha value is 0.240. The van der Waals surface area contributed by atoms with Crippen LogP contribution in [0.3, 0.4) is 0 Å². The molecule has 0 aliphatic rings. The zero-order valence-corrected chi connectivity index (χ0v) is 9.50. The lowest BCUT2D eigenvalue weighted by Gasteiger charge is -2.14. The lowest BCUT2D eigenvalue weighted by Crippen LogP contribution is -2.38. The molecule has 0 fully saturated rings. The highest BCUT2D eigenvalue weighted by molar-refractivity contribution is 14.1. The molecule has 0 saturated heterocycles. The molecule has 8 heteroatoms. The molecule has 0 atom stereocenters. The number of hydrogen-bond donors (Lipinski definition) is 0. The van der Waals surface area contributed by atoms with Crippen molar-refractivity contribution in [3.05, 3.63) is 0 Å². The van der Waals surface area contributed by atoms with Crippen molar-refractivity contribution in [1.29, 1.82) is 0 Å². The van der Waals surface area contributed by atoms with Gasteiger partial charge in [0.1, 0.15) is 0 Å². The van der Waals surface area contributed by atoms with Crippen molar-refractivity contribution in [2.24, 2.45) is 0 Å². The van der Waals surface area contributed by atoms with Gasteiger partial charge < -0.3 is 0 Å². The van der Waals surface area contributed by atoms with E-state index in [4.69, 9.17) is 0 Å². The van der Waals surface area contributed by atoms with Gasteiger partial charge in [-0.1, -0.05) is 36.4 Å². The van der Waals surface area contributed by atoms with Gasteiger partial charge in [0.05, 0.1) is 0 Å². The summed E-state index contributed by atoms with van der Waals surface area (Å²) in [5.41, 5.74) is 0. The van der Waals surface area contributed by atoms with Gasteiger partial charge in [-0.2, -0.15) is 22.0 Å². The van der Waals surface area contributed by atoms with Crippen molar-refractivity contribution in [3.8, 4) is 0 Å². The van der Waals surface area contributed by atoms with E-state index >= 15 is 0 Å². The Bertz CT molecular complexity index is 128. The average molecular weight is 342 g/mol. The summed E-state index contributed by atoms with van der Waals surface area (Å²) in [6, 6.07) is 0. The van der Waals surface area contributed by atoms with Gasteiger partial charge in [-0.05, 0) is 0 Å². The zero-order valence-electron chi connectivity index (χ0n) is 7.34. The minimum absolute atomic E-state index is 0. The Morgan fingerprint density at radius 3 is 1.29 bits per heavy atom. The first kappa shape index (κ1) is 19.8. The molecule has 0 nitrogen and oxygen atoms in total. The second-order valence-electron chi connectivity index (χ2n) is 2.35. The van der Waals surface area contributed by atoms with E-state index in [1.165, 1.54) is 0 Å². The Morgan fingerprint density at radius 1 is 1.07 bits per heavy atom. The summed E-state index contributed by atoms with van der Waals surface area (Å²) in [7, 11) is 0. The summed E-state index contributed by atoms with van der Waals surface area (Å²) >= 11 is 2.34. The highest BCUT2D eigenvalue weighted by Gasteiger charge is 2.57. The lowest BCUT2D eigenvalue weighted by molar-refractivity contribution is -0.286. The van der Waals surface area contributed by atoms with E-state index in [1.807, 2.05) is 0 Å². The van der Waals surface area contributed by atoms with Crippen LogP contribution in [0.2, 0.25) is 0 Å². The summed E-state index contributed by atoms with van der Waals surface area (Å²) in [5, 5.41) is 0. The van der Waals surface area contributed by atoms with E-state index in [9.17, 15) is 26.3 Å². The van der Waals surface area contributed by atoms with Crippen LogP contribution in [-0.2, 0) is 0 Å². The van der Waals surface area contributed by atoms with Gasteiger partial charge in [0.15, 0.2) is 6.67 Å². The smallest absolute Gasteiger partial charge is 0.269 e. The van der Waals surface area contributed by atoms with Crippen molar-refractivity contribution < 1.29 is 31.0 Å². The van der Waals surface area contributed by atoms with E-state index in [1.54, 1.807) is 0 Å². The van der Waals surface area contributed by atoms with Crippen LogP contribution >= 0.6 is 22.6 Å². The van der Waals surface area contributed by atoms with Crippen LogP contribution in [0.5, 0.6) is 0 Å². The maximum Gasteiger partial charge on any atom is 0.456 e. The van der Waals surface area contributed by atoms with Crippen molar-refractivity contribution in [2.75, 3.05) is 6.67 Å². The molecule has 0 aromatic carbocycles. The van der Waals surface area contributed by atoms with Crippen molar-refractivity contribution in [1.82, 2.24) is 0 Å². The molecule has 0 N–H and O–H groups in total. The van der Waals surface area contributed by atoms with Crippen LogP contribution in [0.15, 0.2) is 0 Å². The Morgan fingerprint density at radius 2 is 1.29 bits per heavy atom. The van der Waals surface area contributed by atoms with Gasteiger partial charge in [0, 0.05) is 3.92 Å². The summed E-state index contributed by atoms with van der Waals surface area (Å²) < 4.78 is 66.5. The third kappa shape index (κ3) is 10.3. The maximum atomic E-state index is 11.2. The molecule has 0 aromatic rings. The van der Waals surface area contributed by atoms with Gasteiger partial charge in [0.25, 0.3) is 0 Å². The van der Waals surface area contributed by atoms with E-state index < -0.39 is 18.8 Å². The average Bonchev–Trinajstić information content (AvgIpc) is 1.84. The van der Waals surface area contributed by atoms with Gasteiger partial charge in [0.2, 0.25) is 0 Å². The molecular weight excluding hydrogens is 332 g/mol. The van der Waals surface area contributed by atoms with E-state index in [2.05, 4.69) is 36.4 Å². The van der Waals surface area contributed by atoms with Gasteiger partial charge >= 0.3 is 12.1 Å². The second kappa shape index (κ2) is 7.52. The Labute approximate surface area is 90.6 Å². The largest absolute Gasteiger partial charge is 0.456 e. The second-order valence-corrected chi connectivity index (χ2v) is 4.84. The molecule has 0 aliphatic heterocycles. The SMILES string of the molecule is CC(C)I.F.FCC(F)(F)C(F)(F)F. The highest BCUT2D eigenvalue weighted by atomic mass is 127. The first-order valence-corrected chi connectivity index (χ1v) is 4.43. The van der Waals surface area contributed by atoms with Crippen LogP contribution < -0.4 is 0 Å². The van der Waals surface area contributed by atoms with Crippen LogP contribution in [-0.4, -0.2) is 22.7 Å². The first-order chi connectivity index (χ1) is 5.54. The monoisotopic (exact) mass is 342 g/mol. The highest BCUT2D eigenvalue weighted by Crippen LogP contribution is 2.35. The molecule has 0 saturated carbocycles. The molecule has 14 heavy (non-hydrogen) atoms. The summed E-state index contributed by atoms with van der Waals surface area (Å²) in [4.78, 5) is 0. The van der Waals surface area contributed by atoms with Crippen LogP contribution in [0.1, 0.15) is 13.8 Å².